The average molecular weight is 348 g/mol. The SMILES string of the molecule is CC(=O)C(F)(C(=O)OCC12CC3CC(CC(C3)C1)C2)S(=O)(=O)O. The quantitative estimate of drug-likeness (QED) is 0.463. The number of halogens is 1. The Balaban J connectivity index is 1.73. The number of ketones is 1. The fourth-order valence-corrected chi connectivity index (χ4v) is 5.84. The predicted octanol–water partition coefficient (Wildman–Crippen LogP) is 1.89. The highest BCUT2D eigenvalue weighted by Crippen LogP contribution is 2.60. The second-order valence-electron chi connectivity index (χ2n) is 7.62. The molecular weight excluding hydrogens is 327 g/mol. The van der Waals surface area contributed by atoms with Crippen LogP contribution < -0.4 is 0 Å². The summed E-state index contributed by atoms with van der Waals surface area (Å²) in [7, 11) is -5.53. The molecule has 130 valence electrons. The number of hydrogen-bond acceptors (Lipinski definition) is 5. The fourth-order valence-electron chi connectivity index (χ4n) is 5.21. The van der Waals surface area contributed by atoms with Gasteiger partial charge in [0.05, 0.1) is 6.61 Å². The molecule has 0 spiro atoms. The summed E-state index contributed by atoms with van der Waals surface area (Å²) in [4.78, 5) is 23.2. The maximum atomic E-state index is 14.3. The molecule has 8 heteroatoms. The second-order valence-corrected chi connectivity index (χ2v) is 9.13. The number of Topliss-reactive ketones (excluding diaryl/α,β-unsaturated/α-hetero) is 1. The van der Waals surface area contributed by atoms with Crippen LogP contribution in [-0.2, 0) is 24.4 Å². The Morgan fingerprint density at radius 1 is 1.17 bits per heavy atom. The summed E-state index contributed by atoms with van der Waals surface area (Å²) in [6.07, 6.45) is 6.20. The van der Waals surface area contributed by atoms with Gasteiger partial charge in [-0.15, -0.1) is 0 Å². The Kier molecular flexibility index (Phi) is 3.83. The normalized spacial score (nSPS) is 38.1. The molecule has 0 aromatic heterocycles. The van der Waals surface area contributed by atoms with Gasteiger partial charge in [0.25, 0.3) is 0 Å². The van der Waals surface area contributed by atoms with Gasteiger partial charge in [-0.2, -0.15) is 8.42 Å². The molecule has 6 nitrogen and oxygen atoms in total. The van der Waals surface area contributed by atoms with Crippen LogP contribution in [0.5, 0.6) is 0 Å². The van der Waals surface area contributed by atoms with Crippen LogP contribution in [-0.4, -0.2) is 36.3 Å². The van der Waals surface area contributed by atoms with E-state index < -0.39 is 26.9 Å². The summed E-state index contributed by atoms with van der Waals surface area (Å²) in [5.41, 5.74) is -0.235. The summed E-state index contributed by atoms with van der Waals surface area (Å²) in [6.45, 7) is 0.504. The van der Waals surface area contributed by atoms with E-state index in [1.54, 1.807) is 0 Å². The van der Waals surface area contributed by atoms with Crippen LogP contribution in [0.3, 0.4) is 0 Å². The van der Waals surface area contributed by atoms with Gasteiger partial charge in [-0.05, 0) is 63.2 Å². The predicted molar refractivity (Wildman–Crippen MR) is 77.6 cm³/mol. The lowest BCUT2D eigenvalue weighted by molar-refractivity contribution is -0.165. The van der Waals surface area contributed by atoms with Crippen molar-refractivity contribution in [2.45, 2.75) is 50.4 Å². The third kappa shape index (κ3) is 2.69. The zero-order valence-corrected chi connectivity index (χ0v) is 13.8. The molecule has 4 aliphatic carbocycles. The molecule has 0 aromatic rings. The highest BCUT2D eigenvalue weighted by Gasteiger charge is 2.59. The first kappa shape index (κ1) is 16.8. The lowest BCUT2D eigenvalue weighted by Crippen LogP contribution is -2.52. The molecule has 0 saturated heterocycles. The van der Waals surface area contributed by atoms with E-state index in [4.69, 9.17) is 9.29 Å². The lowest BCUT2D eigenvalue weighted by Gasteiger charge is -2.56. The minimum absolute atomic E-state index is 0.0934. The van der Waals surface area contributed by atoms with Crippen molar-refractivity contribution >= 4 is 21.9 Å². The number of alkyl halides is 1. The Bertz CT molecular complexity index is 607. The summed E-state index contributed by atoms with van der Waals surface area (Å²) >= 11 is 0. The van der Waals surface area contributed by atoms with E-state index in [-0.39, 0.29) is 12.0 Å². The summed E-state index contributed by atoms with van der Waals surface area (Å²) in [5.74, 6) is -1.67. The fraction of sp³-hybridized carbons (Fsp3) is 0.867. The van der Waals surface area contributed by atoms with Crippen molar-refractivity contribution < 1.29 is 31.7 Å². The van der Waals surface area contributed by atoms with Gasteiger partial charge in [-0.25, -0.2) is 9.18 Å². The molecule has 0 amide bonds. The summed E-state index contributed by atoms with van der Waals surface area (Å²) in [6, 6.07) is 0. The van der Waals surface area contributed by atoms with Gasteiger partial charge in [-0.3, -0.25) is 9.35 Å². The molecule has 0 radical (unpaired) electrons. The van der Waals surface area contributed by atoms with Crippen molar-refractivity contribution in [2.24, 2.45) is 23.2 Å². The molecule has 0 aliphatic heterocycles. The van der Waals surface area contributed by atoms with E-state index >= 15 is 0 Å². The van der Waals surface area contributed by atoms with Crippen molar-refractivity contribution in [3.63, 3.8) is 0 Å². The maximum absolute atomic E-state index is 14.3. The van der Waals surface area contributed by atoms with Gasteiger partial charge < -0.3 is 4.74 Å². The van der Waals surface area contributed by atoms with Crippen molar-refractivity contribution in [1.29, 1.82) is 0 Å². The van der Waals surface area contributed by atoms with Crippen LogP contribution in [0.15, 0.2) is 0 Å². The monoisotopic (exact) mass is 348 g/mol. The summed E-state index contributed by atoms with van der Waals surface area (Å²) < 4.78 is 50.4. The Labute approximate surface area is 134 Å². The Morgan fingerprint density at radius 2 is 1.61 bits per heavy atom. The molecule has 0 heterocycles. The van der Waals surface area contributed by atoms with Crippen molar-refractivity contribution in [3.05, 3.63) is 0 Å². The number of carbonyl (C=O) groups excluding carboxylic acids is 2. The van der Waals surface area contributed by atoms with Crippen LogP contribution in [0, 0.1) is 23.2 Å². The third-order valence-corrected chi connectivity index (χ3v) is 6.91. The molecule has 1 atom stereocenters. The van der Waals surface area contributed by atoms with Gasteiger partial charge in [0.15, 0.2) is 5.78 Å². The molecule has 4 aliphatic rings. The van der Waals surface area contributed by atoms with Gasteiger partial charge in [0.2, 0.25) is 0 Å². The van der Waals surface area contributed by atoms with E-state index in [9.17, 15) is 22.4 Å². The number of carbonyl (C=O) groups is 2. The second kappa shape index (κ2) is 5.24. The molecule has 23 heavy (non-hydrogen) atoms. The number of hydrogen-bond donors (Lipinski definition) is 1. The van der Waals surface area contributed by atoms with E-state index in [0.29, 0.717) is 24.7 Å². The maximum Gasteiger partial charge on any atom is 0.386 e. The topological polar surface area (TPSA) is 97.7 Å². The first-order valence-corrected chi connectivity index (χ1v) is 9.34. The van der Waals surface area contributed by atoms with E-state index in [2.05, 4.69) is 0 Å². The molecule has 4 bridgehead atoms. The minimum Gasteiger partial charge on any atom is -0.462 e. The Morgan fingerprint density at radius 3 is 1.96 bits per heavy atom. The van der Waals surface area contributed by atoms with Crippen molar-refractivity contribution in [3.8, 4) is 0 Å². The molecule has 0 aromatic carbocycles. The van der Waals surface area contributed by atoms with E-state index in [0.717, 1.165) is 19.3 Å². The first-order chi connectivity index (χ1) is 10.6. The zero-order chi connectivity index (χ0) is 17.0. The lowest BCUT2D eigenvalue weighted by atomic mass is 9.50. The van der Waals surface area contributed by atoms with Crippen LogP contribution in [0.2, 0.25) is 0 Å². The molecule has 4 saturated carbocycles. The van der Waals surface area contributed by atoms with Crippen LogP contribution in [0.4, 0.5) is 4.39 Å². The smallest absolute Gasteiger partial charge is 0.386 e. The van der Waals surface area contributed by atoms with Gasteiger partial charge in [0, 0.05) is 5.41 Å². The third-order valence-electron chi connectivity index (χ3n) is 5.75. The van der Waals surface area contributed by atoms with Crippen molar-refractivity contribution in [1.82, 2.24) is 0 Å². The Hall–Kier alpha value is -1.02. The number of ether oxygens (including phenoxy) is 1. The summed E-state index contributed by atoms with van der Waals surface area (Å²) in [5, 5.41) is -4.03. The van der Waals surface area contributed by atoms with Crippen LogP contribution in [0.1, 0.15) is 45.4 Å². The molecular formula is C15H21FO6S. The van der Waals surface area contributed by atoms with Crippen molar-refractivity contribution in [2.75, 3.05) is 6.61 Å². The highest BCUT2D eigenvalue weighted by molar-refractivity contribution is 7.88. The molecule has 1 N–H and O–H groups in total. The van der Waals surface area contributed by atoms with Gasteiger partial charge in [-0.1, -0.05) is 0 Å². The van der Waals surface area contributed by atoms with E-state index in [1.165, 1.54) is 19.3 Å². The van der Waals surface area contributed by atoms with Crippen LogP contribution >= 0.6 is 0 Å². The standard InChI is InChI=1S/C15H21FO6S/c1-9(17)15(16,23(19,20)21)13(18)22-8-14-5-10-2-11(6-14)4-12(3-10)7-14/h10-12H,2-8H2,1H3,(H,19,20,21). The molecule has 1 unspecified atom stereocenters. The number of rotatable bonds is 5. The highest BCUT2D eigenvalue weighted by atomic mass is 32.2. The largest absolute Gasteiger partial charge is 0.462 e. The van der Waals surface area contributed by atoms with E-state index in [1.807, 2.05) is 0 Å². The van der Waals surface area contributed by atoms with Crippen LogP contribution in [0.25, 0.3) is 0 Å². The molecule has 4 rings (SSSR count). The zero-order valence-electron chi connectivity index (χ0n) is 13.0. The van der Waals surface area contributed by atoms with Gasteiger partial charge in [0.1, 0.15) is 0 Å². The first-order valence-electron chi connectivity index (χ1n) is 7.90. The molecule has 4 fully saturated rings. The average Bonchev–Trinajstić information content (AvgIpc) is 2.41. The minimum atomic E-state index is -5.53. The number of esters is 1. The van der Waals surface area contributed by atoms with Gasteiger partial charge >= 0.3 is 21.1 Å².